The molecule has 0 unspecified atom stereocenters. The molecule has 0 bridgehead atoms. The highest BCUT2D eigenvalue weighted by Gasteiger charge is 2.12. The lowest BCUT2D eigenvalue weighted by atomic mass is 10.2. The van der Waals surface area contributed by atoms with Gasteiger partial charge in [-0.25, -0.2) is 4.98 Å². The largest absolute Gasteiger partial charge is 0.506 e. The van der Waals surface area contributed by atoms with Crippen LogP contribution in [-0.2, 0) is 0 Å². The van der Waals surface area contributed by atoms with Crippen LogP contribution in [0.1, 0.15) is 27.3 Å². The van der Waals surface area contributed by atoms with E-state index in [1.165, 1.54) is 12.1 Å². The Hall–Kier alpha value is -2.87. The van der Waals surface area contributed by atoms with E-state index in [9.17, 15) is 9.90 Å². The summed E-state index contributed by atoms with van der Waals surface area (Å²) in [5.74, 6) is -0.437. The summed E-state index contributed by atoms with van der Waals surface area (Å²) in [6.45, 7) is 3.53. The molecule has 0 radical (unpaired) electrons. The van der Waals surface area contributed by atoms with E-state index in [1.54, 1.807) is 25.1 Å². The normalized spacial score (nSPS) is 9.85. The molecule has 5 heteroatoms. The molecule has 0 spiro atoms. The van der Waals surface area contributed by atoms with Crippen LogP contribution < -0.4 is 5.32 Å². The van der Waals surface area contributed by atoms with Crippen molar-refractivity contribution in [1.29, 1.82) is 5.26 Å². The van der Waals surface area contributed by atoms with Gasteiger partial charge in [0.15, 0.2) is 0 Å². The first kappa shape index (κ1) is 13.6. The van der Waals surface area contributed by atoms with Gasteiger partial charge in [-0.1, -0.05) is 6.07 Å². The maximum atomic E-state index is 12.1. The van der Waals surface area contributed by atoms with Crippen LogP contribution in [0, 0.1) is 25.2 Å². The van der Waals surface area contributed by atoms with Crippen molar-refractivity contribution in [3.8, 4) is 11.8 Å². The Labute approximate surface area is 116 Å². The number of phenolic OH excluding ortho intramolecular Hbond substituents is 1. The van der Waals surface area contributed by atoms with E-state index >= 15 is 0 Å². The van der Waals surface area contributed by atoms with Gasteiger partial charge in [0, 0.05) is 0 Å². The van der Waals surface area contributed by atoms with Gasteiger partial charge in [-0.05, 0) is 43.7 Å². The molecule has 2 aromatic rings. The highest BCUT2D eigenvalue weighted by molar-refractivity contribution is 6.03. The molecule has 1 aromatic carbocycles. The summed E-state index contributed by atoms with van der Waals surface area (Å²) < 4.78 is 0. The molecule has 20 heavy (non-hydrogen) atoms. The Kier molecular flexibility index (Phi) is 3.67. The predicted molar refractivity (Wildman–Crippen MR) is 74.5 cm³/mol. The molecule has 0 aliphatic heterocycles. The first-order chi connectivity index (χ1) is 9.51. The first-order valence-corrected chi connectivity index (χ1v) is 6.00. The van der Waals surface area contributed by atoms with Gasteiger partial charge in [0.05, 0.1) is 16.9 Å². The fourth-order valence-corrected chi connectivity index (χ4v) is 1.74. The molecule has 1 heterocycles. The summed E-state index contributed by atoms with van der Waals surface area (Å²) in [5.41, 5.74) is 2.37. The third-order valence-electron chi connectivity index (χ3n) is 2.84. The molecule has 2 N–H and O–H groups in total. The number of aryl methyl sites for hydroxylation is 2. The van der Waals surface area contributed by atoms with Crippen molar-refractivity contribution in [1.82, 2.24) is 4.98 Å². The lowest BCUT2D eigenvalue weighted by molar-refractivity contribution is 0.102. The SMILES string of the molecule is Cc1ccc(O)c(NC(=O)c2ccc(C#N)c(C)n2)c1. The van der Waals surface area contributed by atoms with Crippen LogP contribution in [0.2, 0.25) is 0 Å². The van der Waals surface area contributed by atoms with E-state index < -0.39 is 5.91 Å². The number of nitrogens with zero attached hydrogens (tertiary/aromatic N) is 2. The Morgan fingerprint density at radius 1 is 1.30 bits per heavy atom. The number of nitriles is 1. The molecule has 0 aliphatic carbocycles. The zero-order valence-corrected chi connectivity index (χ0v) is 11.1. The van der Waals surface area contributed by atoms with E-state index in [1.807, 2.05) is 13.0 Å². The van der Waals surface area contributed by atoms with Crippen LogP contribution in [0.15, 0.2) is 30.3 Å². The number of hydrogen-bond acceptors (Lipinski definition) is 4. The fourth-order valence-electron chi connectivity index (χ4n) is 1.74. The van der Waals surface area contributed by atoms with E-state index in [0.717, 1.165) is 5.56 Å². The Balaban J connectivity index is 2.26. The smallest absolute Gasteiger partial charge is 0.274 e. The molecule has 2 rings (SSSR count). The van der Waals surface area contributed by atoms with Crippen LogP contribution in [0.5, 0.6) is 5.75 Å². The van der Waals surface area contributed by atoms with Crippen molar-refractivity contribution >= 4 is 11.6 Å². The summed E-state index contributed by atoms with van der Waals surface area (Å²) in [5, 5.41) is 21.1. The zero-order valence-electron chi connectivity index (χ0n) is 11.1. The topological polar surface area (TPSA) is 86.0 Å². The van der Waals surface area contributed by atoms with E-state index in [0.29, 0.717) is 16.9 Å². The van der Waals surface area contributed by atoms with Gasteiger partial charge in [-0.3, -0.25) is 4.79 Å². The molecule has 0 atom stereocenters. The molecule has 0 fully saturated rings. The minimum Gasteiger partial charge on any atom is -0.506 e. The van der Waals surface area contributed by atoms with Crippen LogP contribution in [-0.4, -0.2) is 16.0 Å². The van der Waals surface area contributed by atoms with E-state index in [-0.39, 0.29) is 11.4 Å². The minimum absolute atomic E-state index is 0.00526. The third-order valence-corrected chi connectivity index (χ3v) is 2.84. The van der Waals surface area contributed by atoms with Crippen molar-refractivity contribution in [3.63, 3.8) is 0 Å². The van der Waals surface area contributed by atoms with Crippen LogP contribution in [0.25, 0.3) is 0 Å². The Bertz CT molecular complexity index is 718. The second-order valence-electron chi connectivity index (χ2n) is 4.42. The van der Waals surface area contributed by atoms with Gasteiger partial charge in [0.2, 0.25) is 0 Å². The lowest BCUT2D eigenvalue weighted by Crippen LogP contribution is -2.14. The number of pyridine rings is 1. The molecule has 0 aliphatic rings. The molecule has 0 saturated heterocycles. The number of hydrogen-bond donors (Lipinski definition) is 2. The van der Waals surface area contributed by atoms with Crippen LogP contribution in [0.3, 0.4) is 0 Å². The predicted octanol–water partition coefficient (Wildman–Crippen LogP) is 2.53. The van der Waals surface area contributed by atoms with Crippen LogP contribution >= 0.6 is 0 Å². The van der Waals surface area contributed by atoms with Crippen molar-refractivity contribution < 1.29 is 9.90 Å². The summed E-state index contributed by atoms with van der Waals surface area (Å²) in [6, 6.07) is 9.95. The second-order valence-corrected chi connectivity index (χ2v) is 4.42. The van der Waals surface area contributed by atoms with Gasteiger partial charge >= 0.3 is 0 Å². The number of phenols is 1. The van der Waals surface area contributed by atoms with Gasteiger partial charge in [-0.2, -0.15) is 5.26 Å². The monoisotopic (exact) mass is 267 g/mol. The zero-order chi connectivity index (χ0) is 14.7. The number of anilines is 1. The van der Waals surface area contributed by atoms with Crippen molar-refractivity contribution in [2.75, 3.05) is 5.32 Å². The van der Waals surface area contributed by atoms with E-state index in [2.05, 4.69) is 10.3 Å². The number of nitrogens with one attached hydrogen (secondary N) is 1. The first-order valence-electron chi connectivity index (χ1n) is 6.00. The molecular formula is C15H13N3O2. The van der Waals surface area contributed by atoms with E-state index in [4.69, 9.17) is 5.26 Å². The molecule has 1 aromatic heterocycles. The summed E-state index contributed by atoms with van der Waals surface area (Å²) in [7, 11) is 0. The minimum atomic E-state index is -0.432. The molecule has 5 nitrogen and oxygen atoms in total. The third kappa shape index (κ3) is 2.75. The number of aromatic hydroxyl groups is 1. The molecule has 1 amide bonds. The number of benzene rings is 1. The number of rotatable bonds is 2. The lowest BCUT2D eigenvalue weighted by Gasteiger charge is -2.08. The second kappa shape index (κ2) is 5.41. The fraction of sp³-hybridized carbons (Fsp3) is 0.133. The maximum Gasteiger partial charge on any atom is 0.274 e. The standard InChI is InChI=1S/C15H13N3O2/c1-9-3-6-14(19)13(7-9)18-15(20)12-5-4-11(8-16)10(2)17-12/h3-7,19H,1-2H3,(H,18,20). The van der Waals surface area contributed by atoms with Crippen molar-refractivity contribution in [2.24, 2.45) is 0 Å². The Morgan fingerprint density at radius 2 is 2.05 bits per heavy atom. The van der Waals surface area contributed by atoms with Gasteiger partial charge in [0.1, 0.15) is 17.5 Å². The maximum absolute atomic E-state index is 12.1. The van der Waals surface area contributed by atoms with Gasteiger partial charge in [0.25, 0.3) is 5.91 Å². The van der Waals surface area contributed by atoms with Gasteiger partial charge in [-0.15, -0.1) is 0 Å². The number of carbonyl (C=O) groups excluding carboxylic acids is 1. The van der Waals surface area contributed by atoms with Crippen LogP contribution in [0.4, 0.5) is 5.69 Å². The molecule has 0 saturated carbocycles. The van der Waals surface area contributed by atoms with Gasteiger partial charge < -0.3 is 10.4 Å². The number of aromatic nitrogens is 1. The highest BCUT2D eigenvalue weighted by Crippen LogP contribution is 2.24. The molecule has 100 valence electrons. The molecular weight excluding hydrogens is 254 g/mol. The average Bonchev–Trinajstić information content (AvgIpc) is 2.42. The van der Waals surface area contributed by atoms with Crippen molar-refractivity contribution in [3.05, 3.63) is 52.8 Å². The summed E-state index contributed by atoms with van der Waals surface area (Å²) in [6.07, 6.45) is 0. The average molecular weight is 267 g/mol. The Morgan fingerprint density at radius 3 is 2.70 bits per heavy atom. The number of carbonyl (C=O) groups is 1. The number of amides is 1. The summed E-state index contributed by atoms with van der Waals surface area (Å²) in [4.78, 5) is 16.1. The highest BCUT2D eigenvalue weighted by atomic mass is 16.3. The van der Waals surface area contributed by atoms with Crippen molar-refractivity contribution in [2.45, 2.75) is 13.8 Å². The summed E-state index contributed by atoms with van der Waals surface area (Å²) >= 11 is 0. The quantitative estimate of drug-likeness (QED) is 0.819.